The molecular formula is C19H31N. The van der Waals surface area contributed by atoms with Crippen LogP contribution in [-0.4, -0.2) is 13.1 Å². The van der Waals surface area contributed by atoms with Gasteiger partial charge in [0.1, 0.15) is 0 Å². The molecule has 1 aliphatic carbocycles. The van der Waals surface area contributed by atoms with Gasteiger partial charge in [-0.05, 0) is 56.2 Å². The molecule has 0 bridgehead atoms. The maximum absolute atomic E-state index is 3.63. The van der Waals surface area contributed by atoms with Gasteiger partial charge in [0.2, 0.25) is 0 Å². The van der Waals surface area contributed by atoms with Crippen LogP contribution in [0.1, 0.15) is 56.6 Å². The molecule has 1 fully saturated rings. The van der Waals surface area contributed by atoms with Gasteiger partial charge in [-0.25, -0.2) is 0 Å². The lowest BCUT2D eigenvalue weighted by atomic mass is 9.73. The number of hydrogen-bond acceptors (Lipinski definition) is 1. The minimum Gasteiger partial charge on any atom is -0.317 e. The monoisotopic (exact) mass is 273 g/mol. The van der Waals surface area contributed by atoms with Crippen LogP contribution in [0.15, 0.2) is 24.3 Å². The summed E-state index contributed by atoms with van der Waals surface area (Å²) >= 11 is 0. The first kappa shape index (κ1) is 15.6. The van der Waals surface area contributed by atoms with Gasteiger partial charge in [-0.2, -0.15) is 0 Å². The molecule has 1 N–H and O–H groups in total. The molecule has 1 saturated carbocycles. The molecule has 1 aliphatic rings. The predicted molar refractivity (Wildman–Crippen MR) is 88.1 cm³/mol. The van der Waals surface area contributed by atoms with Crippen molar-refractivity contribution in [2.24, 2.45) is 11.8 Å². The zero-order valence-electron chi connectivity index (χ0n) is 13.5. The Hall–Kier alpha value is -0.820. The molecule has 0 saturated heterocycles. The molecule has 2 rings (SSSR count). The Morgan fingerprint density at radius 2 is 1.95 bits per heavy atom. The highest BCUT2D eigenvalue weighted by Gasteiger charge is 2.29. The van der Waals surface area contributed by atoms with E-state index in [1.165, 1.54) is 56.1 Å². The third kappa shape index (κ3) is 3.85. The summed E-state index contributed by atoms with van der Waals surface area (Å²) in [4.78, 5) is 0. The van der Waals surface area contributed by atoms with Gasteiger partial charge in [-0.15, -0.1) is 0 Å². The number of hydrogen-bond donors (Lipinski definition) is 1. The molecule has 1 heteroatoms. The van der Waals surface area contributed by atoms with E-state index in [4.69, 9.17) is 0 Å². The second-order valence-electron chi connectivity index (χ2n) is 6.48. The van der Waals surface area contributed by atoms with E-state index in [9.17, 15) is 0 Å². The van der Waals surface area contributed by atoms with Gasteiger partial charge in [-0.1, -0.05) is 56.9 Å². The molecule has 20 heavy (non-hydrogen) atoms. The first-order valence-electron chi connectivity index (χ1n) is 8.48. The Morgan fingerprint density at radius 1 is 1.20 bits per heavy atom. The molecule has 1 aromatic rings. The van der Waals surface area contributed by atoms with Crippen LogP contribution in [-0.2, 0) is 6.42 Å². The van der Waals surface area contributed by atoms with Crippen molar-refractivity contribution in [3.63, 3.8) is 0 Å². The number of benzene rings is 1. The van der Waals surface area contributed by atoms with E-state index >= 15 is 0 Å². The van der Waals surface area contributed by atoms with Crippen LogP contribution >= 0.6 is 0 Å². The lowest BCUT2D eigenvalue weighted by molar-refractivity contribution is 0.174. The van der Waals surface area contributed by atoms with Gasteiger partial charge in [0, 0.05) is 6.04 Å². The third-order valence-corrected chi connectivity index (χ3v) is 5.37. The van der Waals surface area contributed by atoms with Gasteiger partial charge in [0.15, 0.2) is 0 Å². The van der Waals surface area contributed by atoms with Gasteiger partial charge >= 0.3 is 0 Å². The van der Waals surface area contributed by atoms with Crippen molar-refractivity contribution < 1.29 is 0 Å². The topological polar surface area (TPSA) is 12.0 Å². The largest absolute Gasteiger partial charge is 0.317 e. The molecule has 0 aromatic heterocycles. The van der Waals surface area contributed by atoms with Gasteiger partial charge < -0.3 is 5.32 Å². The van der Waals surface area contributed by atoms with E-state index in [2.05, 4.69) is 50.5 Å². The van der Waals surface area contributed by atoms with E-state index in [1.807, 2.05) is 0 Å². The van der Waals surface area contributed by atoms with Gasteiger partial charge in [0.05, 0.1) is 0 Å². The predicted octanol–water partition coefficient (Wildman–Crippen LogP) is 4.73. The molecule has 0 radical (unpaired) electrons. The van der Waals surface area contributed by atoms with Crippen molar-refractivity contribution in [3.05, 3.63) is 35.4 Å². The minimum atomic E-state index is 0.694. The summed E-state index contributed by atoms with van der Waals surface area (Å²) in [5.41, 5.74) is 2.97. The third-order valence-electron chi connectivity index (χ3n) is 5.37. The SMILES string of the molecule is CCC1CCCCC1C(CCc1ccccc1C)NC. The molecule has 3 atom stereocenters. The van der Waals surface area contributed by atoms with Crippen molar-refractivity contribution in [2.75, 3.05) is 7.05 Å². The Labute approximate surface area is 125 Å². The van der Waals surface area contributed by atoms with Crippen molar-refractivity contribution in [3.8, 4) is 0 Å². The van der Waals surface area contributed by atoms with E-state index in [0.29, 0.717) is 6.04 Å². The van der Waals surface area contributed by atoms with Crippen LogP contribution in [0.2, 0.25) is 0 Å². The summed E-state index contributed by atoms with van der Waals surface area (Å²) in [5, 5.41) is 3.63. The molecule has 0 heterocycles. The lowest BCUT2D eigenvalue weighted by Crippen LogP contribution is -2.39. The quantitative estimate of drug-likeness (QED) is 0.790. The zero-order valence-corrected chi connectivity index (χ0v) is 13.5. The highest BCUT2D eigenvalue weighted by Crippen LogP contribution is 2.35. The average molecular weight is 273 g/mol. The fourth-order valence-electron chi connectivity index (χ4n) is 4.05. The molecule has 112 valence electrons. The number of rotatable bonds is 6. The van der Waals surface area contributed by atoms with Crippen LogP contribution in [0.5, 0.6) is 0 Å². The second kappa shape index (κ2) is 7.83. The fraction of sp³-hybridized carbons (Fsp3) is 0.684. The number of nitrogens with one attached hydrogen (secondary N) is 1. The maximum Gasteiger partial charge on any atom is 0.00981 e. The van der Waals surface area contributed by atoms with Crippen molar-refractivity contribution in [1.29, 1.82) is 0 Å². The Morgan fingerprint density at radius 3 is 2.65 bits per heavy atom. The lowest BCUT2D eigenvalue weighted by Gasteiger charge is -2.37. The Balaban J connectivity index is 1.96. The van der Waals surface area contributed by atoms with Crippen LogP contribution in [0.4, 0.5) is 0 Å². The summed E-state index contributed by atoms with van der Waals surface area (Å²) < 4.78 is 0. The summed E-state index contributed by atoms with van der Waals surface area (Å²) in [5.74, 6) is 1.83. The molecule has 0 spiro atoms. The second-order valence-corrected chi connectivity index (χ2v) is 6.48. The molecule has 0 amide bonds. The van der Waals surface area contributed by atoms with Crippen LogP contribution in [0, 0.1) is 18.8 Å². The van der Waals surface area contributed by atoms with Crippen molar-refractivity contribution >= 4 is 0 Å². The molecule has 0 aliphatic heterocycles. The first-order chi connectivity index (χ1) is 9.76. The van der Waals surface area contributed by atoms with Crippen molar-refractivity contribution in [2.45, 2.75) is 64.8 Å². The van der Waals surface area contributed by atoms with E-state index in [1.54, 1.807) is 0 Å². The minimum absolute atomic E-state index is 0.694. The highest BCUT2D eigenvalue weighted by atomic mass is 14.9. The normalized spacial score (nSPS) is 24.6. The van der Waals surface area contributed by atoms with Crippen LogP contribution < -0.4 is 5.32 Å². The van der Waals surface area contributed by atoms with Gasteiger partial charge in [0.25, 0.3) is 0 Å². The summed E-state index contributed by atoms with van der Waals surface area (Å²) in [6, 6.07) is 9.54. The first-order valence-corrected chi connectivity index (χ1v) is 8.48. The Kier molecular flexibility index (Phi) is 6.09. The van der Waals surface area contributed by atoms with Crippen LogP contribution in [0.25, 0.3) is 0 Å². The summed E-state index contributed by atoms with van der Waals surface area (Å²) in [6.07, 6.45) is 9.61. The molecule has 1 nitrogen and oxygen atoms in total. The maximum atomic E-state index is 3.63. The van der Waals surface area contributed by atoms with E-state index in [0.717, 1.165) is 11.8 Å². The zero-order chi connectivity index (χ0) is 14.4. The van der Waals surface area contributed by atoms with Crippen molar-refractivity contribution in [1.82, 2.24) is 5.32 Å². The molecule has 3 unspecified atom stereocenters. The number of aryl methyl sites for hydroxylation is 2. The Bertz CT molecular complexity index is 399. The fourth-order valence-corrected chi connectivity index (χ4v) is 4.05. The summed E-state index contributed by atoms with van der Waals surface area (Å²) in [6.45, 7) is 4.61. The van der Waals surface area contributed by atoms with Crippen LogP contribution in [0.3, 0.4) is 0 Å². The summed E-state index contributed by atoms with van der Waals surface area (Å²) in [7, 11) is 2.16. The highest BCUT2D eigenvalue weighted by molar-refractivity contribution is 5.25. The molecular weight excluding hydrogens is 242 g/mol. The van der Waals surface area contributed by atoms with Gasteiger partial charge in [-0.3, -0.25) is 0 Å². The average Bonchev–Trinajstić information content (AvgIpc) is 2.50. The smallest absolute Gasteiger partial charge is 0.00981 e. The van der Waals surface area contributed by atoms with E-state index < -0.39 is 0 Å². The standard InChI is InChI=1S/C19H31N/c1-4-16-10-7-8-12-18(16)19(20-3)14-13-17-11-6-5-9-15(17)2/h5-6,9,11,16,18-20H,4,7-8,10,12-14H2,1-3H3. The molecule has 1 aromatic carbocycles. The van der Waals surface area contributed by atoms with E-state index in [-0.39, 0.29) is 0 Å².